The molecule has 40 heavy (non-hydrogen) atoms. The van der Waals surface area contributed by atoms with Gasteiger partial charge in [0.25, 0.3) is 0 Å². The summed E-state index contributed by atoms with van der Waals surface area (Å²) in [6.07, 6.45) is 0.725. The lowest BCUT2D eigenvalue weighted by molar-refractivity contribution is 0.354. The molecule has 5 rings (SSSR count). The van der Waals surface area contributed by atoms with Crippen molar-refractivity contribution >= 4 is 60.5 Å². The van der Waals surface area contributed by atoms with Gasteiger partial charge in [-0.05, 0) is 41.3 Å². The number of anilines is 1. The van der Waals surface area contributed by atoms with Crippen molar-refractivity contribution in [3.63, 3.8) is 0 Å². The van der Waals surface area contributed by atoms with Gasteiger partial charge < -0.3 is 9.47 Å². The number of aromatic nitrogens is 1. The summed E-state index contributed by atoms with van der Waals surface area (Å²) in [6, 6.07) is 16.9. The quantitative estimate of drug-likeness (QED) is 0.185. The number of benzene rings is 2. The fraction of sp³-hybridized carbons (Fsp3) is 0.286. The highest BCUT2D eigenvalue weighted by Gasteiger charge is 2.33. The molecular weight excluding hydrogens is 632 g/mol. The molecule has 1 aliphatic rings. The average molecular weight is 664 g/mol. The van der Waals surface area contributed by atoms with Gasteiger partial charge in [-0.15, -0.1) is 39.7 Å². The smallest absolute Gasteiger partial charge is 0.243 e. The van der Waals surface area contributed by atoms with E-state index in [1.54, 1.807) is 37.7 Å². The Labute approximate surface area is 253 Å². The van der Waals surface area contributed by atoms with Crippen molar-refractivity contribution in [2.24, 2.45) is 5.10 Å². The fourth-order valence-corrected chi connectivity index (χ4v) is 7.62. The van der Waals surface area contributed by atoms with Gasteiger partial charge in [0.15, 0.2) is 11.5 Å². The van der Waals surface area contributed by atoms with Crippen LogP contribution in [0.5, 0.6) is 11.5 Å². The number of nitrogens with zero attached hydrogens (tertiary/aromatic N) is 4. The molecule has 1 aliphatic heterocycles. The molecule has 0 saturated carbocycles. The van der Waals surface area contributed by atoms with Crippen LogP contribution in [-0.4, -0.2) is 50.7 Å². The molecule has 2 aromatic heterocycles. The monoisotopic (exact) mass is 662 g/mol. The van der Waals surface area contributed by atoms with Crippen molar-refractivity contribution in [2.75, 3.05) is 32.3 Å². The van der Waals surface area contributed by atoms with E-state index in [-0.39, 0.29) is 27.9 Å². The first kappa shape index (κ1) is 30.2. The zero-order chi connectivity index (χ0) is 27.6. The highest BCUT2D eigenvalue weighted by molar-refractivity contribution is 8.93. The van der Waals surface area contributed by atoms with E-state index in [0.29, 0.717) is 24.6 Å². The van der Waals surface area contributed by atoms with Gasteiger partial charge >= 0.3 is 0 Å². The predicted molar refractivity (Wildman–Crippen MR) is 168 cm³/mol. The molecule has 0 amide bonds. The van der Waals surface area contributed by atoms with Crippen LogP contribution >= 0.6 is 39.7 Å². The first-order valence-corrected chi connectivity index (χ1v) is 15.8. The molecule has 0 saturated heterocycles. The molecule has 12 heteroatoms. The van der Waals surface area contributed by atoms with Crippen LogP contribution in [0.1, 0.15) is 36.8 Å². The van der Waals surface area contributed by atoms with E-state index < -0.39 is 10.0 Å². The number of hydrazone groups is 1. The summed E-state index contributed by atoms with van der Waals surface area (Å²) in [5, 5.41) is 11.8. The number of halogens is 1. The Hall–Kier alpha value is -2.77. The summed E-state index contributed by atoms with van der Waals surface area (Å²) in [4.78, 5) is 6.33. The minimum absolute atomic E-state index is 0. The minimum Gasteiger partial charge on any atom is -0.493 e. The Bertz CT molecular complexity index is 1570. The Morgan fingerprint density at radius 2 is 1.73 bits per heavy atom. The molecule has 0 N–H and O–H groups in total. The SMILES string of the molecule is Br.CCN(CC)S(=O)(=O)c1ccc(-c2csc(N3N=C(c4cccs4)CC3c3ccc(OC)c(OC)c3)n2)cc1. The lowest BCUT2D eigenvalue weighted by atomic mass is 10.0. The van der Waals surface area contributed by atoms with E-state index in [0.717, 1.165) is 39.0 Å². The molecule has 3 heterocycles. The van der Waals surface area contributed by atoms with Gasteiger partial charge in [-0.3, -0.25) is 0 Å². The topological polar surface area (TPSA) is 84.3 Å². The van der Waals surface area contributed by atoms with Gasteiger partial charge in [-0.1, -0.05) is 38.1 Å². The van der Waals surface area contributed by atoms with Crippen molar-refractivity contribution in [1.29, 1.82) is 0 Å². The van der Waals surface area contributed by atoms with E-state index in [1.807, 2.05) is 60.6 Å². The van der Waals surface area contributed by atoms with Gasteiger partial charge in [0.2, 0.25) is 15.2 Å². The van der Waals surface area contributed by atoms with Gasteiger partial charge in [0.1, 0.15) is 0 Å². The molecule has 2 aromatic carbocycles. The first-order valence-electron chi connectivity index (χ1n) is 12.6. The Morgan fingerprint density at radius 3 is 2.35 bits per heavy atom. The van der Waals surface area contributed by atoms with Crippen LogP contribution in [0, 0.1) is 0 Å². The van der Waals surface area contributed by atoms with E-state index in [1.165, 1.54) is 15.6 Å². The average Bonchev–Trinajstić information content (AvgIpc) is 3.74. The van der Waals surface area contributed by atoms with E-state index in [9.17, 15) is 8.42 Å². The Morgan fingerprint density at radius 1 is 1.00 bits per heavy atom. The lowest BCUT2D eigenvalue weighted by Crippen LogP contribution is -2.30. The summed E-state index contributed by atoms with van der Waals surface area (Å²) < 4.78 is 38.2. The summed E-state index contributed by atoms with van der Waals surface area (Å²) >= 11 is 3.17. The molecule has 212 valence electrons. The fourth-order valence-electron chi connectivity index (χ4n) is 4.61. The van der Waals surface area contributed by atoms with Crippen molar-refractivity contribution in [2.45, 2.75) is 31.2 Å². The number of hydrogen-bond donors (Lipinski definition) is 0. The number of thiophene rings is 1. The molecule has 4 aromatic rings. The molecular formula is C28H31BrN4O4S3. The van der Waals surface area contributed by atoms with Crippen LogP contribution in [0.15, 0.2) is 75.4 Å². The number of ether oxygens (including phenoxy) is 2. The Balaban J connectivity index is 0.00000370. The maximum absolute atomic E-state index is 12.9. The Kier molecular flexibility index (Phi) is 9.68. The lowest BCUT2D eigenvalue weighted by Gasteiger charge is -2.22. The molecule has 0 bridgehead atoms. The van der Waals surface area contributed by atoms with Crippen molar-refractivity contribution in [3.8, 4) is 22.8 Å². The molecule has 0 radical (unpaired) electrons. The molecule has 0 fully saturated rings. The standard InChI is InChI=1S/C28H30N4O4S3.BrH/c1-5-31(6-2)39(33,34)21-12-9-19(10-13-21)23-18-38-28(29-23)32-24(17-22(30-32)27-8-7-15-37-27)20-11-14-25(35-3)26(16-20)36-4;/h7-16,18,24H,5-6,17H2,1-4H3;1H. The van der Waals surface area contributed by atoms with Crippen LogP contribution in [-0.2, 0) is 10.0 Å². The summed E-state index contributed by atoms with van der Waals surface area (Å²) in [5.74, 6) is 1.34. The van der Waals surface area contributed by atoms with Crippen LogP contribution in [0.3, 0.4) is 0 Å². The van der Waals surface area contributed by atoms with E-state index >= 15 is 0 Å². The zero-order valence-electron chi connectivity index (χ0n) is 22.6. The minimum atomic E-state index is -3.51. The summed E-state index contributed by atoms with van der Waals surface area (Å²) in [6.45, 7) is 4.54. The molecule has 0 spiro atoms. The van der Waals surface area contributed by atoms with E-state index in [2.05, 4.69) is 11.4 Å². The summed E-state index contributed by atoms with van der Waals surface area (Å²) in [5.41, 5.74) is 3.67. The highest BCUT2D eigenvalue weighted by atomic mass is 79.9. The van der Waals surface area contributed by atoms with Gasteiger partial charge in [-0.25, -0.2) is 18.4 Å². The maximum atomic E-state index is 12.9. The van der Waals surface area contributed by atoms with Crippen LogP contribution in [0.2, 0.25) is 0 Å². The van der Waals surface area contributed by atoms with Crippen LogP contribution in [0.25, 0.3) is 11.3 Å². The molecule has 8 nitrogen and oxygen atoms in total. The second-order valence-corrected chi connectivity index (χ2v) is 12.6. The molecule has 1 unspecified atom stereocenters. The number of rotatable bonds is 10. The second-order valence-electron chi connectivity index (χ2n) is 8.83. The van der Waals surface area contributed by atoms with Crippen molar-refractivity contribution < 1.29 is 17.9 Å². The van der Waals surface area contributed by atoms with Crippen LogP contribution < -0.4 is 14.5 Å². The third kappa shape index (κ3) is 5.82. The van der Waals surface area contributed by atoms with Gasteiger partial charge in [0, 0.05) is 30.5 Å². The van der Waals surface area contributed by atoms with E-state index in [4.69, 9.17) is 19.6 Å². The van der Waals surface area contributed by atoms with Gasteiger partial charge in [-0.2, -0.15) is 9.41 Å². The number of sulfonamides is 1. The largest absolute Gasteiger partial charge is 0.493 e. The summed E-state index contributed by atoms with van der Waals surface area (Å²) in [7, 11) is -0.256. The van der Waals surface area contributed by atoms with Gasteiger partial charge in [0.05, 0.1) is 41.4 Å². The number of hydrogen-bond acceptors (Lipinski definition) is 9. The predicted octanol–water partition coefficient (Wildman–Crippen LogP) is 6.85. The molecule has 1 atom stereocenters. The third-order valence-electron chi connectivity index (χ3n) is 6.69. The van der Waals surface area contributed by atoms with Crippen LogP contribution in [0.4, 0.5) is 5.13 Å². The normalized spacial score (nSPS) is 15.2. The first-order chi connectivity index (χ1) is 18.9. The van der Waals surface area contributed by atoms with Crippen molar-refractivity contribution in [3.05, 3.63) is 75.8 Å². The zero-order valence-corrected chi connectivity index (χ0v) is 26.8. The number of methoxy groups -OCH3 is 2. The number of thiazole rings is 1. The third-order valence-corrected chi connectivity index (χ3v) is 10.5. The van der Waals surface area contributed by atoms with Crippen molar-refractivity contribution in [1.82, 2.24) is 9.29 Å². The highest BCUT2D eigenvalue weighted by Crippen LogP contribution is 2.42. The maximum Gasteiger partial charge on any atom is 0.243 e. The second kappa shape index (κ2) is 12.8. The molecule has 0 aliphatic carbocycles.